The summed E-state index contributed by atoms with van der Waals surface area (Å²) in [6.07, 6.45) is 0. The Kier molecular flexibility index (Phi) is 3.39. The lowest BCUT2D eigenvalue weighted by molar-refractivity contribution is 1.12. The van der Waals surface area contributed by atoms with Gasteiger partial charge in [0.2, 0.25) is 0 Å². The first-order valence-corrected chi connectivity index (χ1v) is 5.94. The van der Waals surface area contributed by atoms with Gasteiger partial charge in [0.15, 0.2) is 0 Å². The number of nitrogens with zero attached hydrogens (tertiary/aromatic N) is 2. The zero-order valence-corrected chi connectivity index (χ0v) is 11.2. The molecule has 0 unspecified atom stereocenters. The molecule has 96 valence electrons. The van der Waals surface area contributed by atoms with E-state index in [4.69, 9.17) is 5.26 Å². The molecule has 1 aromatic heterocycles. The van der Waals surface area contributed by atoms with Crippen molar-refractivity contribution >= 4 is 5.69 Å². The maximum Gasteiger partial charge on any atom is 0.266 e. The summed E-state index contributed by atoms with van der Waals surface area (Å²) < 4.78 is 0. The van der Waals surface area contributed by atoms with Crippen LogP contribution in [0, 0.1) is 18.3 Å². The molecule has 19 heavy (non-hydrogen) atoms. The molecule has 1 N–H and O–H groups in total. The molecule has 0 spiro atoms. The minimum Gasteiger partial charge on any atom is -0.378 e. The number of anilines is 1. The van der Waals surface area contributed by atoms with Gasteiger partial charge in [0.05, 0.1) is 0 Å². The average molecular weight is 253 g/mol. The number of nitrogens with one attached hydrogen (secondary N) is 1. The summed E-state index contributed by atoms with van der Waals surface area (Å²) >= 11 is 0. The number of hydrogen-bond donors (Lipinski definition) is 1. The monoisotopic (exact) mass is 253 g/mol. The zero-order valence-electron chi connectivity index (χ0n) is 11.2. The number of benzene rings is 1. The van der Waals surface area contributed by atoms with Gasteiger partial charge in [-0.3, -0.25) is 4.79 Å². The van der Waals surface area contributed by atoms with Crippen molar-refractivity contribution in [2.45, 2.75) is 6.92 Å². The Hall–Kier alpha value is -2.54. The Balaban J connectivity index is 2.59. The van der Waals surface area contributed by atoms with Crippen molar-refractivity contribution in [3.63, 3.8) is 0 Å². The second-order valence-electron chi connectivity index (χ2n) is 4.62. The summed E-state index contributed by atoms with van der Waals surface area (Å²) in [7, 11) is 3.93. The number of nitriles is 1. The second-order valence-corrected chi connectivity index (χ2v) is 4.62. The molecule has 0 aliphatic carbocycles. The fourth-order valence-corrected chi connectivity index (χ4v) is 1.97. The van der Waals surface area contributed by atoms with Gasteiger partial charge in [0.25, 0.3) is 5.56 Å². The van der Waals surface area contributed by atoms with Crippen molar-refractivity contribution in [3.05, 3.63) is 51.9 Å². The lowest BCUT2D eigenvalue weighted by atomic mass is 10.0. The topological polar surface area (TPSA) is 59.9 Å². The zero-order chi connectivity index (χ0) is 14.0. The number of hydrogen-bond acceptors (Lipinski definition) is 3. The Morgan fingerprint density at radius 2 is 1.84 bits per heavy atom. The van der Waals surface area contributed by atoms with E-state index in [0.29, 0.717) is 5.56 Å². The molecule has 4 heteroatoms. The van der Waals surface area contributed by atoms with E-state index in [1.54, 1.807) is 6.92 Å². The maximum atomic E-state index is 11.8. The molecule has 1 heterocycles. The molecule has 0 aliphatic heterocycles. The lowest BCUT2D eigenvalue weighted by Gasteiger charge is -2.13. The fraction of sp³-hybridized carbons (Fsp3) is 0.200. The minimum atomic E-state index is -0.339. The van der Waals surface area contributed by atoms with Crippen LogP contribution in [0.2, 0.25) is 0 Å². The number of rotatable bonds is 2. The van der Waals surface area contributed by atoms with Gasteiger partial charge in [-0.05, 0) is 30.7 Å². The summed E-state index contributed by atoms with van der Waals surface area (Å²) in [5.74, 6) is 0. The second kappa shape index (κ2) is 4.99. The van der Waals surface area contributed by atoms with Crippen LogP contribution in [0.25, 0.3) is 11.1 Å². The molecule has 0 amide bonds. The molecular weight excluding hydrogens is 238 g/mol. The molecule has 0 atom stereocenters. The van der Waals surface area contributed by atoms with Crippen LogP contribution in [0.15, 0.2) is 35.1 Å². The van der Waals surface area contributed by atoms with E-state index in [0.717, 1.165) is 16.9 Å². The van der Waals surface area contributed by atoms with E-state index in [-0.39, 0.29) is 11.1 Å². The quantitative estimate of drug-likeness (QED) is 0.893. The largest absolute Gasteiger partial charge is 0.378 e. The van der Waals surface area contributed by atoms with Gasteiger partial charge in [-0.25, -0.2) is 0 Å². The minimum absolute atomic E-state index is 0.156. The molecular formula is C15H15N3O. The molecule has 0 saturated carbocycles. The first-order valence-electron chi connectivity index (χ1n) is 5.94. The number of H-pyrrole nitrogens is 1. The third-order valence-electron chi connectivity index (χ3n) is 2.97. The lowest BCUT2D eigenvalue weighted by Crippen LogP contribution is -2.12. The van der Waals surface area contributed by atoms with Gasteiger partial charge >= 0.3 is 0 Å². The van der Waals surface area contributed by atoms with Crippen LogP contribution in [-0.4, -0.2) is 19.1 Å². The van der Waals surface area contributed by atoms with E-state index in [1.165, 1.54) is 0 Å². The van der Waals surface area contributed by atoms with Crippen molar-refractivity contribution < 1.29 is 0 Å². The fourth-order valence-electron chi connectivity index (χ4n) is 1.97. The van der Waals surface area contributed by atoms with Gasteiger partial charge in [-0.2, -0.15) is 5.26 Å². The van der Waals surface area contributed by atoms with Crippen molar-refractivity contribution in [3.8, 4) is 17.2 Å². The Labute approximate surface area is 111 Å². The van der Waals surface area contributed by atoms with Gasteiger partial charge < -0.3 is 9.88 Å². The van der Waals surface area contributed by atoms with Crippen molar-refractivity contribution in [1.29, 1.82) is 5.26 Å². The van der Waals surface area contributed by atoms with Gasteiger partial charge in [-0.15, -0.1) is 0 Å². The van der Waals surface area contributed by atoms with E-state index < -0.39 is 0 Å². The molecule has 2 rings (SSSR count). The van der Waals surface area contributed by atoms with Crippen LogP contribution in [-0.2, 0) is 0 Å². The summed E-state index contributed by atoms with van der Waals surface area (Å²) in [5, 5.41) is 9.12. The van der Waals surface area contributed by atoms with E-state index in [1.807, 2.05) is 55.4 Å². The normalized spacial score (nSPS) is 10.0. The highest BCUT2D eigenvalue weighted by Crippen LogP contribution is 2.24. The molecule has 0 fully saturated rings. The van der Waals surface area contributed by atoms with E-state index >= 15 is 0 Å². The van der Waals surface area contributed by atoms with Crippen LogP contribution < -0.4 is 10.5 Å². The number of aromatic amines is 1. The predicted octanol–water partition coefficient (Wildman–Crippen LogP) is 2.29. The summed E-state index contributed by atoms with van der Waals surface area (Å²) in [5.41, 5.74) is 3.18. The molecule has 4 nitrogen and oxygen atoms in total. The summed E-state index contributed by atoms with van der Waals surface area (Å²) in [6, 6.07) is 11.6. The van der Waals surface area contributed by atoms with E-state index in [2.05, 4.69) is 4.98 Å². The number of pyridine rings is 1. The summed E-state index contributed by atoms with van der Waals surface area (Å²) in [4.78, 5) is 16.4. The SMILES string of the molecule is Cc1cc(-c2ccc(N(C)C)cc2)c(C#N)c(=O)[nH]1. The van der Waals surface area contributed by atoms with Crippen molar-refractivity contribution in [2.75, 3.05) is 19.0 Å². The Morgan fingerprint density at radius 1 is 1.21 bits per heavy atom. The predicted molar refractivity (Wildman–Crippen MR) is 76.3 cm³/mol. The standard InChI is InChI=1S/C15H15N3O/c1-10-8-13(14(9-16)15(19)17-10)11-4-6-12(7-5-11)18(2)3/h4-8H,1-3H3,(H,17,19). The first-order chi connectivity index (χ1) is 9.02. The molecule has 2 aromatic rings. The van der Waals surface area contributed by atoms with Gasteiger partial charge in [-0.1, -0.05) is 12.1 Å². The van der Waals surface area contributed by atoms with Crippen molar-refractivity contribution in [1.82, 2.24) is 4.98 Å². The number of aromatic nitrogens is 1. The third-order valence-corrected chi connectivity index (χ3v) is 2.97. The smallest absolute Gasteiger partial charge is 0.266 e. The van der Waals surface area contributed by atoms with Crippen molar-refractivity contribution in [2.24, 2.45) is 0 Å². The average Bonchev–Trinajstić information content (AvgIpc) is 2.38. The molecule has 0 bridgehead atoms. The molecule has 0 saturated heterocycles. The third kappa shape index (κ3) is 2.50. The highest BCUT2D eigenvalue weighted by Gasteiger charge is 2.10. The summed E-state index contributed by atoms with van der Waals surface area (Å²) in [6.45, 7) is 1.81. The highest BCUT2D eigenvalue weighted by atomic mass is 16.1. The molecule has 0 aliphatic rings. The van der Waals surface area contributed by atoms with Gasteiger partial charge in [0.1, 0.15) is 11.6 Å². The van der Waals surface area contributed by atoms with Crippen LogP contribution in [0.4, 0.5) is 5.69 Å². The number of aryl methyl sites for hydroxylation is 1. The molecule has 0 radical (unpaired) electrons. The van der Waals surface area contributed by atoms with Crippen LogP contribution >= 0.6 is 0 Å². The van der Waals surface area contributed by atoms with Crippen LogP contribution in [0.1, 0.15) is 11.3 Å². The maximum absolute atomic E-state index is 11.8. The van der Waals surface area contributed by atoms with Gasteiger partial charge in [0, 0.05) is 31.0 Å². The van der Waals surface area contributed by atoms with Crippen LogP contribution in [0.3, 0.4) is 0 Å². The Morgan fingerprint density at radius 3 is 2.37 bits per heavy atom. The highest BCUT2D eigenvalue weighted by molar-refractivity contribution is 5.71. The van der Waals surface area contributed by atoms with Crippen LogP contribution in [0.5, 0.6) is 0 Å². The van der Waals surface area contributed by atoms with E-state index in [9.17, 15) is 4.79 Å². The molecule has 1 aromatic carbocycles. The Bertz CT molecular complexity index is 691. The first kappa shape index (κ1) is 12.9.